The highest BCUT2D eigenvalue weighted by Gasteiger charge is 2.24. The Hall–Kier alpha value is -2.94. The van der Waals surface area contributed by atoms with E-state index in [9.17, 15) is 5.11 Å². The number of hydrogen-bond acceptors (Lipinski definition) is 6. The van der Waals surface area contributed by atoms with Crippen LogP contribution >= 0.6 is 0 Å². The lowest BCUT2D eigenvalue weighted by Crippen LogP contribution is -2.11. The minimum atomic E-state index is 0.0565. The molecule has 6 heteroatoms. The highest BCUT2D eigenvalue weighted by Crippen LogP contribution is 2.41. The zero-order valence-electron chi connectivity index (χ0n) is 9.84. The Morgan fingerprint density at radius 1 is 1.37 bits per heavy atom. The van der Waals surface area contributed by atoms with Crippen LogP contribution in [0.3, 0.4) is 0 Å². The minimum Gasteiger partial charge on any atom is -0.508 e. The topological polar surface area (TPSA) is 118 Å². The van der Waals surface area contributed by atoms with Crippen LogP contribution < -0.4 is 16.2 Å². The molecule has 2 heterocycles. The molecule has 1 aliphatic rings. The minimum absolute atomic E-state index is 0.0565. The average molecular weight is 254 g/mol. The Kier molecular flexibility index (Phi) is 2.22. The first kappa shape index (κ1) is 11.2. The first-order valence-electron chi connectivity index (χ1n) is 5.58. The molecule has 1 aromatic carbocycles. The molecule has 0 fully saturated rings. The summed E-state index contributed by atoms with van der Waals surface area (Å²) in [6, 6.07) is 6.71. The number of aromatic nitrogens is 1. The van der Waals surface area contributed by atoms with Crippen molar-refractivity contribution < 1.29 is 9.84 Å². The molecule has 5 N–H and O–H groups in total. The second-order valence-corrected chi connectivity index (χ2v) is 4.25. The fraction of sp³-hybridized carbons (Fsp3) is 0.0769. The van der Waals surface area contributed by atoms with E-state index in [1.165, 1.54) is 6.07 Å². The standard InChI is InChI=1S/C13H10N4O2/c14-5-9-11(15)8-4-6-3-7(18)1-2-10(6)19-13(8)17-12(9)16/h1-3,18H,4H2,(H4,15,16,17). The van der Waals surface area contributed by atoms with Crippen LogP contribution in [-0.2, 0) is 6.42 Å². The van der Waals surface area contributed by atoms with E-state index in [0.717, 1.165) is 5.56 Å². The number of nitrogen functional groups attached to an aromatic ring is 2. The number of phenols is 1. The molecule has 0 spiro atoms. The monoisotopic (exact) mass is 254 g/mol. The van der Waals surface area contributed by atoms with Crippen LogP contribution in [0.1, 0.15) is 16.7 Å². The number of nitrogens with two attached hydrogens (primary N) is 2. The summed E-state index contributed by atoms with van der Waals surface area (Å²) in [5.74, 6) is 1.11. The number of aromatic hydroxyl groups is 1. The van der Waals surface area contributed by atoms with Crippen molar-refractivity contribution in [2.75, 3.05) is 11.5 Å². The van der Waals surface area contributed by atoms with Crippen molar-refractivity contribution in [2.45, 2.75) is 6.42 Å². The van der Waals surface area contributed by atoms with E-state index in [1.54, 1.807) is 12.1 Å². The number of hydrogen-bond donors (Lipinski definition) is 3. The smallest absolute Gasteiger partial charge is 0.226 e. The van der Waals surface area contributed by atoms with Crippen molar-refractivity contribution in [2.24, 2.45) is 0 Å². The molecule has 0 saturated carbocycles. The Labute approximate surface area is 108 Å². The van der Waals surface area contributed by atoms with E-state index in [1.807, 2.05) is 6.07 Å². The van der Waals surface area contributed by atoms with Gasteiger partial charge in [0.25, 0.3) is 0 Å². The Morgan fingerprint density at radius 2 is 2.16 bits per heavy atom. The molecule has 0 bridgehead atoms. The number of ether oxygens (including phenoxy) is 1. The van der Waals surface area contributed by atoms with E-state index < -0.39 is 0 Å². The fourth-order valence-electron chi connectivity index (χ4n) is 2.11. The first-order chi connectivity index (χ1) is 9.10. The number of anilines is 2. The summed E-state index contributed by atoms with van der Waals surface area (Å²) < 4.78 is 5.60. The molecule has 1 aliphatic heterocycles. The third kappa shape index (κ3) is 1.60. The van der Waals surface area contributed by atoms with Crippen LogP contribution in [0.5, 0.6) is 17.4 Å². The van der Waals surface area contributed by atoms with E-state index in [-0.39, 0.29) is 22.8 Å². The molecular formula is C13H10N4O2. The molecule has 1 aromatic heterocycles. The number of rotatable bonds is 0. The molecule has 0 atom stereocenters. The van der Waals surface area contributed by atoms with E-state index >= 15 is 0 Å². The lowest BCUT2D eigenvalue weighted by Gasteiger charge is -2.21. The third-order valence-corrected chi connectivity index (χ3v) is 3.06. The summed E-state index contributed by atoms with van der Waals surface area (Å²) in [4.78, 5) is 4.06. The van der Waals surface area contributed by atoms with E-state index in [4.69, 9.17) is 21.5 Å². The first-order valence-corrected chi connectivity index (χ1v) is 5.58. The van der Waals surface area contributed by atoms with Crippen LogP contribution in [0.25, 0.3) is 0 Å². The molecule has 19 heavy (non-hydrogen) atoms. The average Bonchev–Trinajstić information content (AvgIpc) is 2.38. The van der Waals surface area contributed by atoms with Crippen LogP contribution in [0, 0.1) is 11.3 Å². The van der Waals surface area contributed by atoms with Gasteiger partial charge in [-0.05, 0) is 18.2 Å². The predicted molar refractivity (Wildman–Crippen MR) is 68.8 cm³/mol. The number of nitrogens with zero attached hydrogens (tertiary/aromatic N) is 2. The zero-order chi connectivity index (χ0) is 13.6. The third-order valence-electron chi connectivity index (χ3n) is 3.06. The number of pyridine rings is 1. The van der Waals surface area contributed by atoms with Crippen molar-refractivity contribution in [1.29, 1.82) is 5.26 Å². The second kappa shape index (κ2) is 3.78. The summed E-state index contributed by atoms with van der Waals surface area (Å²) in [5.41, 5.74) is 13.4. The quantitative estimate of drug-likeness (QED) is 0.559. The lowest BCUT2D eigenvalue weighted by atomic mass is 9.99. The van der Waals surface area contributed by atoms with Crippen LogP contribution in [-0.4, -0.2) is 10.1 Å². The van der Waals surface area contributed by atoms with E-state index in [0.29, 0.717) is 23.6 Å². The van der Waals surface area contributed by atoms with Gasteiger partial charge in [0.15, 0.2) is 0 Å². The lowest BCUT2D eigenvalue weighted by molar-refractivity contribution is 0.435. The molecule has 0 radical (unpaired) electrons. The maximum atomic E-state index is 9.48. The molecule has 3 rings (SSSR count). The molecule has 0 unspecified atom stereocenters. The van der Waals surface area contributed by atoms with Gasteiger partial charge in [-0.15, -0.1) is 0 Å². The number of benzene rings is 1. The molecule has 0 saturated heterocycles. The number of nitriles is 1. The van der Waals surface area contributed by atoms with Crippen molar-refractivity contribution in [3.63, 3.8) is 0 Å². The van der Waals surface area contributed by atoms with Crippen LogP contribution in [0.2, 0.25) is 0 Å². The summed E-state index contributed by atoms with van der Waals surface area (Å²) in [6.07, 6.45) is 0.437. The summed E-state index contributed by atoms with van der Waals surface area (Å²) in [7, 11) is 0. The normalized spacial score (nSPS) is 11.9. The van der Waals surface area contributed by atoms with Gasteiger partial charge >= 0.3 is 0 Å². The molecular weight excluding hydrogens is 244 g/mol. The van der Waals surface area contributed by atoms with Gasteiger partial charge in [0.05, 0.1) is 5.69 Å². The predicted octanol–water partition coefficient (Wildman–Crippen LogP) is 1.52. The Morgan fingerprint density at radius 3 is 2.89 bits per heavy atom. The SMILES string of the molecule is N#Cc1c(N)nc2c(c1N)Cc1cc(O)ccc1O2. The molecule has 0 aliphatic carbocycles. The van der Waals surface area contributed by atoms with Crippen LogP contribution in [0.15, 0.2) is 18.2 Å². The molecule has 0 amide bonds. The van der Waals surface area contributed by atoms with Gasteiger partial charge in [-0.2, -0.15) is 10.2 Å². The molecule has 2 aromatic rings. The van der Waals surface area contributed by atoms with Crippen molar-refractivity contribution in [3.8, 4) is 23.4 Å². The van der Waals surface area contributed by atoms with E-state index in [2.05, 4.69) is 4.98 Å². The fourth-order valence-corrected chi connectivity index (χ4v) is 2.11. The second-order valence-electron chi connectivity index (χ2n) is 4.25. The Bertz CT molecular complexity index is 734. The van der Waals surface area contributed by atoms with Gasteiger partial charge in [0.1, 0.15) is 28.9 Å². The van der Waals surface area contributed by atoms with Crippen molar-refractivity contribution in [1.82, 2.24) is 4.98 Å². The highest BCUT2D eigenvalue weighted by molar-refractivity contribution is 5.72. The summed E-state index contributed by atoms with van der Waals surface area (Å²) >= 11 is 0. The van der Waals surface area contributed by atoms with Gasteiger partial charge in [0.2, 0.25) is 5.88 Å². The van der Waals surface area contributed by atoms with Crippen molar-refractivity contribution >= 4 is 11.5 Å². The maximum absolute atomic E-state index is 9.48. The van der Waals surface area contributed by atoms with Gasteiger partial charge in [-0.1, -0.05) is 0 Å². The van der Waals surface area contributed by atoms with Crippen molar-refractivity contribution in [3.05, 3.63) is 34.9 Å². The molecule has 6 nitrogen and oxygen atoms in total. The summed E-state index contributed by atoms with van der Waals surface area (Å²) in [6.45, 7) is 0. The summed E-state index contributed by atoms with van der Waals surface area (Å²) in [5, 5.41) is 18.5. The van der Waals surface area contributed by atoms with Gasteiger partial charge in [0, 0.05) is 17.5 Å². The largest absolute Gasteiger partial charge is 0.508 e. The van der Waals surface area contributed by atoms with Gasteiger partial charge in [-0.25, -0.2) is 0 Å². The number of fused-ring (bicyclic) bond motifs is 2. The number of phenolic OH excluding ortho intramolecular Hbond substituents is 1. The van der Waals surface area contributed by atoms with Gasteiger partial charge in [-0.3, -0.25) is 0 Å². The molecule has 94 valence electrons. The van der Waals surface area contributed by atoms with Crippen LogP contribution in [0.4, 0.5) is 11.5 Å². The Balaban J connectivity index is 2.18. The maximum Gasteiger partial charge on any atom is 0.226 e. The van der Waals surface area contributed by atoms with Gasteiger partial charge < -0.3 is 21.3 Å². The highest BCUT2D eigenvalue weighted by atomic mass is 16.5. The zero-order valence-corrected chi connectivity index (χ0v) is 9.84.